The summed E-state index contributed by atoms with van der Waals surface area (Å²) in [5, 5.41) is 4.55. The molecule has 0 amide bonds. The number of hydrogen-bond donors (Lipinski definition) is 0. The molecule has 0 saturated carbocycles. The van der Waals surface area contributed by atoms with Crippen molar-refractivity contribution in [1.29, 1.82) is 0 Å². The Balaban J connectivity index is 1.70. The molecule has 148 valence electrons. The zero-order chi connectivity index (χ0) is 19.9. The molecular formula is C21H25N3O3S. The summed E-state index contributed by atoms with van der Waals surface area (Å²) in [5.41, 5.74) is 1.98. The average molecular weight is 400 g/mol. The van der Waals surface area contributed by atoms with Gasteiger partial charge >= 0.3 is 0 Å². The fourth-order valence-corrected chi connectivity index (χ4v) is 3.05. The SMILES string of the molecule is CCOc1ccc(CN(C)Cn2nc(-c3ccccc3OCC)oc2=S)cc1. The Morgan fingerprint density at radius 1 is 1.04 bits per heavy atom. The van der Waals surface area contributed by atoms with Crippen molar-refractivity contribution in [3.8, 4) is 23.0 Å². The molecule has 3 aromatic rings. The number of aromatic nitrogens is 2. The van der Waals surface area contributed by atoms with Gasteiger partial charge in [-0.3, -0.25) is 4.90 Å². The zero-order valence-electron chi connectivity index (χ0n) is 16.4. The molecule has 0 atom stereocenters. The maximum absolute atomic E-state index is 5.72. The van der Waals surface area contributed by atoms with Crippen LogP contribution < -0.4 is 9.47 Å². The summed E-state index contributed by atoms with van der Waals surface area (Å²) in [6.45, 7) is 6.44. The number of hydrogen-bond acceptors (Lipinski definition) is 6. The molecule has 28 heavy (non-hydrogen) atoms. The Labute approximate surface area is 170 Å². The van der Waals surface area contributed by atoms with Gasteiger partial charge in [0.15, 0.2) is 0 Å². The Morgan fingerprint density at radius 3 is 2.46 bits per heavy atom. The zero-order valence-corrected chi connectivity index (χ0v) is 17.2. The summed E-state index contributed by atoms with van der Waals surface area (Å²) < 4.78 is 18.6. The first-order valence-electron chi connectivity index (χ1n) is 9.31. The minimum atomic E-state index is 0.333. The third-order valence-corrected chi connectivity index (χ3v) is 4.38. The van der Waals surface area contributed by atoms with Crippen LogP contribution in [0.3, 0.4) is 0 Å². The summed E-state index contributed by atoms with van der Waals surface area (Å²) in [7, 11) is 2.01. The summed E-state index contributed by atoms with van der Waals surface area (Å²) in [6.07, 6.45) is 0. The van der Waals surface area contributed by atoms with Gasteiger partial charge in [-0.05, 0) is 62.9 Å². The summed E-state index contributed by atoms with van der Waals surface area (Å²) >= 11 is 5.36. The van der Waals surface area contributed by atoms with Crippen molar-refractivity contribution in [2.75, 3.05) is 20.3 Å². The molecule has 1 heterocycles. The van der Waals surface area contributed by atoms with E-state index in [-0.39, 0.29) is 0 Å². The van der Waals surface area contributed by atoms with E-state index in [1.807, 2.05) is 57.3 Å². The van der Waals surface area contributed by atoms with Gasteiger partial charge in [-0.15, -0.1) is 5.10 Å². The largest absolute Gasteiger partial charge is 0.494 e. The van der Waals surface area contributed by atoms with E-state index >= 15 is 0 Å². The van der Waals surface area contributed by atoms with Gasteiger partial charge in [0.2, 0.25) is 0 Å². The van der Waals surface area contributed by atoms with Gasteiger partial charge < -0.3 is 13.9 Å². The molecule has 7 heteroatoms. The van der Waals surface area contributed by atoms with E-state index in [1.165, 1.54) is 5.56 Å². The molecule has 0 N–H and O–H groups in total. The highest BCUT2D eigenvalue weighted by Crippen LogP contribution is 2.28. The second-order valence-corrected chi connectivity index (χ2v) is 6.68. The maximum atomic E-state index is 5.72. The van der Waals surface area contributed by atoms with Crippen molar-refractivity contribution < 1.29 is 13.9 Å². The number of benzene rings is 2. The fraction of sp³-hybridized carbons (Fsp3) is 0.333. The predicted molar refractivity (Wildman–Crippen MR) is 111 cm³/mol. The highest BCUT2D eigenvalue weighted by molar-refractivity contribution is 7.71. The van der Waals surface area contributed by atoms with Crippen LogP contribution in [-0.4, -0.2) is 34.9 Å². The van der Waals surface area contributed by atoms with Crippen molar-refractivity contribution in [3.05, 3.63) is 58.9 Å². The van der Waals surface area contributed by atoms with E-state index in [1.54, 1.807) is 4.68 Å². The third kappa shape index (κ3) is 4.99. The van der Waals surface area contributed by atoms with E-state index in [9.17, 15) is 0 Å². The van der Waals surface area contributed by atoms with E-state index < -0.39 is 0 Å². The second kappa shape index (κ2) is 9.52. The van der Waals surface area contributed by atoms with Crippen molar-refractivity contribution in [2.45, 2.75) is 27.1 Å². The lowest BCUT2D eigenvalue weighted by molar-refractivity contribution is 0.240. The van der Waals surface area contributed by atoms with Crippen molar-refractivity contribution in [3.63, 3.8) is 0 Å². The van der Waals surface area contributed by atoms with Crippen LogP contribution >= 0.6 is 12.2 Å². The molecule has 0 radical (unpaired) electrons. The van der Waals surface area contributed by atoms with Gasteiger partial charge in [0.25, 0.3) is 10.7 Å². The van der Waals surface area contributed by atoms with Crippen LogP contribution in [0.1, 0.15) is 19.4 Å². The Kier molecular flexibility index (Phi) is 6.84. The predicted octanol–water partition coefficient (Wildman–Crippen LogP) is 4.76. The minimum absolute atomic E-state index is 0.333. The lowest BCUT2D eigenvalue weighted by Crippen LogP contribution is -2.22. The highest BCUT2D eigenvalue weighted by atomic mass is 32.1. The standard InChI is InChI=1S/C21H25N3O3S/c1-4-25-17-12-10-16(11-13-17)14-23(3)15-24-21(28)27-20(22-24)18-8-6-7-9-19(18)26-5-2/h6-13H,4-5,14-15H2,1-3H3. The minimum Gasteiger partial charge on any atom is -0.494 e. The smallest absolute Gasteiger partial charge is 0.288 e. The van der Waals surface area contributed by atoms with Crippen LogP contribution in [0.25, 0.3) is 11.5 Å². The molecule has 0 aliphatic heterocycles. The molecule has 0 unspecified atom stereocenters. The lowest BCUT2D eigenvalue weighted by Gasteiger charge is -2.16. The number of para-hydroxylation sites is 1. The molecule has 3 rings (SSSR count). The van der Waals surface area contributed by atoms with Gasteiger partial charge in [0.1, 0.15) is 11.5 Å². The first kappa shape index (κ1) is 20.1. The Morgan fingerprint density at radius 2 is 1.75 bits per heavy atom. The normalized spacial score (nSPS) is 11.0. The van der Waals surface area contributed by atoms with Gasteiger partial charge in [-0.1, -0.05) is 24.3 Å². The molecule has 0 spiro atoms. The first-order valence-corrected chi connectivity index (χ1v) is 9.72. The maximum Gasteiger partial charge on any atom is 0.288 e. The summed E-state index contributed by atoms with van der Waals surface area (Å²) in [5.74, 6) is 2.07. The van der Waals surface area contributed by atoms with E-state index in [2.05, 4.69) is 22.1 Å². The van der Waals surface area contributed by atoms with Gasteiger partial charge in [-0.2, -0.15) is 0 Å². The van der Waals surface area contributed by atoms with Gasteiger partial charge in [0, 0.05) is 6.54 Å². The second-order valence-electron chi connectivity index (χ2n) is 6.33. The molecule has 0 aliphatic carbocycles. The van der Waals surface area contributed by atoms with Gasteiger partial charge in [-0.25, -0.2) is 4.68 Å². The average Bonchev–Trinajstić information content (AvgIpc) is 3.04. The van der Waals surface area contributed by atoms with Crippen LogP contribution in [0, 0.1) is 4.84 Å². The summed E-state index contributed by atoms with van der Waals surface area (Å²) in [6, 6.07) is 15.8. The first-order chi connectivity index (χ1) is 13.6. The summed E-state index contributed by atoms with van der Waals surface area (Å²) in [4.78, 5) is 2.45. The molecule has 6 nitrogen and oxygen atoms in total. The Hall–Kier alpha value is -2.64. The van der Waals surface area contributed by atoms with Crippen molar-refractivity contribution in [2.24, 2.45) is 0 Å². The van der Waals surface area contributed by atoms with Crippen LogP contribution in [-0.2, 0) is 13.2 Å². The molecular weight excluding hydrogens is 374 g/mol. The quantitative estimate of drug-likeness (QED) is 0.484. The van der Waals surface area contributed by atoms with Crippen LogP contribution in [0.4, 0.5) is 0 Å². The molecule has 0 fully saturated rings. The van der Waals surface area contributed by atoms with Crippen molar-refractivity contribution >= 4 is 12.2 Å². The molecule has 1 aromatic heterocycles. The highest BCUT2D eigenvalue weighted by Gasteiger charge is 2.14. The number of rotatable bonds is 9. The van der Waals surface area contributed by atoms with E-state index in [4.69, 9.17) is 26.1 Å². The third-order valence-electron chi connectivity index (χ3n) is 4.09. The Bertz CT molecular complexity index is 950. The number of ether oxygens (including phenoxy) is 2. The topological polar surface area (TPSA) is 52.7 Å². The van der Waals surface area contributed by atoms with Crippen LogP contribution in [0.15, 0.2) is 52.9 Å². The van der Waals surface area contributed by atoms with Crippen LogP contribution in [0.2, 0.25) is 0 Å². The van der Waals surface area contributed by atoms with Crippen molar-refractivity contribution in [1.82, 2.24) is 14.7 Å². The molecule has 0 aliphatic rings. The van der Waals surface area contributed by atoms with Gasteiger partial charge in [0.05, 0.1) is 25.4 Å². The van der Waals surface area contributed by atoms with E-state index in [0.29, 0.717) is 30.6 Å². The molecule has 0 saturated heterocycles. The lowest BCUT2D eigenvalue weighted by atomic mass is 10.2. The molecule has 0 bridgehead atoms. The monoisotopic (exact) mass is 399 g/mol. The fourth-order valence-electron chi connectivity index (χ4n) is 2.88. The van der Waals surface area contributed by atoms with E-state index in [0.717, 1.165) is 23.6 Å². The number of nitrogens with zero attached hydrogens (tertiary/aromatic N) is 3. The molecule has 2 aromatic carbocycles. The van der Waals surface area contributed by atoms with Crippen LogP contribution in [0.5, 0.6) is 11.5 Å².